The maximum atomic E-state index is 12.1. The largest absolute Gasteiger partial charge is 0.268 e. The number of aromatic nitrogens is 3. The van der Waals surface area contributed by atoms with Crippen LogP contribution in [0.5, 0.6) is 0 Å². The van der Waals surface area contributed by atoms with Crippen LogP contribution in [0.1, 0.15) is 5.56 Å². The van der Waals surface area contributed by atoms with E-state index < -0.39 is 0 Å². The lowest BCUT2D eigenvalue weighted by Gasteiger charge is -2.07. The van der Waals surface area contributed by atoms with Crippen molar-refractivity contribution in [1.82, 2.24) is 14.8 Å². The summed E-state index contributed by atoms with van der Waals surface area (Å²) < 4.78 is 2.59. The van der Waals surface area contributed by atoms with E-state index in [1.807, 2.05) is 48.0 Å². The minimum Gasteiger partial charge on any atom is -0.268 e. The SMILES string of the molecule is O=c1ccc(-c2ccc3scnc3c2)nn1Cc1ccc(Cl)cc1. The van der Waals surface area contributed by atoms with E-state index in [2.05, 4.69) is 10.1 Å². The van der Waals surface area contributed by atoms with Gasteiger partial charge in [-0.05, 0) is 35.9 Å². The number of halogens is 1. The van der Waals surface area contributed by atoms with Gasteiger partial charge in [-0.3, -0.25) is 4.79 Å². The third kappa shape index (κ3) is 2.96. The second kappa shape index (κ2) is 6.19. The van der Waals surface area contributed by atoms with Crippen molar-refractivity contribution in [2.45, 2.75) is 6.54 Å². The van der Waals surface area contributed by atoms with Crippen molar-refractivity contribution >= 4 is 33.2 Å². The molecule has 118 valence electrons. The molecule has 0 unspecified atom stereocenters. The van der Waals surface area contributed by atoms with Crippen LogP contribution in [0.4, 0.5) is 0 Å². The minimum atomic E-state index is -0.136. The smallest absolute Gasteiger partial charge is 0.267 e. The van der Waals surface area contributed by atoms with Crippen molar-refractivity contribution in [2.24, 2.45) is 0 Å². The summed E-state index contributed by atoms with van der Waals surface area (Å²) in [5, 5.41) is 5.17. The average molecular weight is 354 g/mol. The second-order valence-corrected chi connectivity index (χ2v) is 6.70. The lowest BCUT2D eigenvalue weighted by molar-refractivity contribution is 0.643. The summed E-state index contributed by atoms with van der Waals surface area (Å²) in [5.41, 5.74) is 5.29. The third-order valence-corrected chi connectivity index (χ3v) is 4.80. The highest BCUT2D eigenvalue weighted by Crippen LogP contribution is 2.24. The Hall–Kier alpha value is -2.50. The third-order valence-electron chi connectivity index (χ3n) is 3.74. The molecule has 0 N–H and O–H groups in total. The van der Waals surface area contributed by atoms with E-state index in [4.69, 9.17) is 11.6 Å². The van der Waals surface area contributed by atoms with Gasteiger partial charge in [0.1, 0.15) is 0 Å². The van der Waals surface area contributed by atoms with E-state index in [0.717, 1.165) is 27.0 Å². The van der Waals surface area contributed by atoms with Gasteiger partial charge >= 0.3 is 0 Å². The molecular weight excluding hydrogens is 342 g/mol. The normalized spacial score (nSPS) is 11.0. The van der Waals surface area contributed by atoms with Crippen LogP contribution in [0.2, 0.25) is 5.02 Å². The Kier molecular flexibility index (Phi) is 3.88. The Morgan fingerprint density at radius 2 is 1.88 bits per heavy atom. The molecule has 0 bridgehead atoms. The predicted octanol–water partition coefficient (Wildman–Crippen LogP) is 4.22. The van der Waals surface area contributed by atoms with Crippen LogP contribution in [0.3, 0.4) is 0 Å². The number of hydrogen-bond donors (Lipinski definition) is 0. The Morgan fingerprint density at radius 1 is 1.04 bits per heavy atom. The lowest BCUT2D eigenvalue weighted by atomic mass is 10.1. The van der Waals surface area contributed by atoms with Crippen LogP contribution in [0.25, 0.3) is 21.5 Å². The first-order chi connectivity index (χ1) is 11.7. The molecule has 0 atom stereocenters. The van der Waals surface area contributed by atoms with Gasteiger partial charge in [0.25, 0.3) is 5.56 Å². The lowest BCUT2D eigenvalue weighted by Crippen LogP contribution is -2.22. The first kappa shape index (κ1) is 15.1. The van der Waals surface area contributed by atoms with Crippen LogP contribution in [-0.4, -0.2) is 14.8 Å². The summed E-state index contributed by atoms with van der Waals surface area (Å²) in [4.78, 5) is 16.4. The van der Waals surface area contributed by atoms with E-state index in [-0.39, 0.29) is 5.56 Å². The fourth-order valence-electron chi connectivity index (χ4n) is 2.50. The molecule has 0 saturated heterocycles. The molecule has 2 aromatic carbocycles. The molecule has 0 aliphatic carbocycles. The molecule has 24 heavy (non-hydrogen) atoms. The number of hydrogen-bond acceptors (Lipinski definition) is 4. The maximum absolute atomic E-state index is 12.1. The van der Waals surface area contributed by atoms with Gasteiger partial charge < -0.3 is 0 Å². The molecule has 2 heterocycles. The fraction of sp³-hybridized carbons (Fsp3) is 0.0556. The van der Waals surface area contributed by atoms with Crippen LogP contribution < -0.4 is 5.56 Å². The van der Waals surface area contributed by atoms with Crippen LogP contribution in [0.15, 0.2) is 64.9 Å². The van der Waals surface area contributed by atoms with Crippen molar-refractivity contribution in [3.63, 3.8) is 0 Å². The summed E-state index contributed by atoms with van der Waals surface area (Å²) in [7, 11) is 0. The predicted molar refractivity (Wildman–Crippen MR) is 97.7 cm³/mol. The number of fused-ring (bicyclic) bond motifs is 1. The molecule has 0 spiro atoms. The van der Waals surface area contributed by atoms with Crippen molar-refractivity contribution in [1.29, 1.82) is 0 Å². The zero-order valence-electron chi connectivity index (χ0n) is 12.5. The summed E-state index contributed by atoms with van der Waals surface area (Å²) in [5.74, 6) is 0. The monoisotopic (exact) mass is 353 g/mol. The van der Waals surface area contributed by atoms with Crippen molar-refractivity contribution in [2.75, 3.05) is 0 Å². The van der Waals surface area contributed by atoms with Crippen LogP contribution in [-0.2, 0) is 6.54 Å². The van der Waals surface area contributed by atoms with Gasteiger partial charge in [-0.1, -0.05) is 29.8 Å². The molecule has 4 rings (SSSR count). The van der Waals surface area contributed by atoms with Crippen molar-refractivity contribution < 1.29 is 0 Å². The van der Waals surface area contributed by atoms with E-state index in [9.17, 15) is 4.79 Å². The van der Waals surface area contributed by atoms with E-state index in [1.165, 1.54) is 4.68 Å². The highest BCUT2D eigenvalue weighted by atomic mass is 35.5. The van der Waals surface area contributed by atoms with E-state index >= 15 is 0 Å². The van der Waals surface area contributed by atoms with Crippen LogP contribution >= 0.6 is 22.9 Å². The highest BCUT2D eigenvalue weighted by molar-refractivity contribution is 7.16. The number of benzene rings is 2. The van der Waals surface area contributed by atoms with Crippen molar-refractivity contribution in [3.05, 3.63) is 81.0 Å². The molecule has 4 nitrogen and oxygen atoms in total. The molecule has 6 heteroatoms. The first-order valence-electron chi connectivity index (χ1n) is 7.35. The summed E-state index contributed by atoms with van der Waals surface area (Å²) in [6.07, 6.45) is 0. The quantitative estimate of drug-likeness (QED) is 0.554. The van der Waals surface area contributed by atoms with Gasteiger partial charge in [0.05, 0.1) is 28.0 Å². The van der Waals surface area contributed by atoms with Gasteiger partial charge in [-0.2, -0.15) is 5.10 Å². The van der Waals surface area contributed by atoms with Gasteiger partial charge in [0.15, 0.2) is 0 Å². The summed E-state index contributed by atoms with van der Waals surface area (Å²) >= 11 is 7.50. The Bertz CT molecular complexity index is 1070. The molecule has 4 aromatic rings. The van der Waals surface area contributed by atoms with Gasteiger partial charge in [-0.25, -0.2) is 9.67 Å². The minimum absolute atomic E-state index is 0.136. The van der Waals surface area contributed by atoms with Gasteiger partial charge in [0, 0.05) is 16.7 Å². The Balaban J connectivity index is 1.72. The Morgan fingerprint density at radius 3 is 2.71 bits per heavy atom. The number of nitrogens with zero attached hydrogens (tertiary/aromatic N) is 3. The Labute approximate surface area is 147 Å². The van der Waals surface area contributed by atoms with Gasteiger partial charge in [-0.15, -0.1) is 11.3 Å². The fourth-order valence-corrected chi connectivity index (χ4v) is 3.28. The molecule has 0 aliphatic rings. The standard InChI is InChI=1S/C18H12ClN3OS/c19-14-4-1-12(2-5-14)10-22-18(23)8-6-15(21-22)13-3-7-17-16(9-13)20-11-24-17/h1-9,11H,10H2. The zero-order valence-corrected chi connectivity index (χ0v) is 14.1. The number of rotatable bonds is 3. The second-order valence-electron chi connectivity index (χ2n) is 5.38. The molecule has 2 aromatic heterocycles. The maximum Gasteiger partial charge on any atom is 0.267 e. The molecule has 0 radical (unpaired) electrons. The topological polar surface area (TPSA) is 47.8 Å². The number of thiazole rings is 1. The highest BCUT2D eigenvalue weighted by Gasteiger charge is 2.06. The first-order valence-corrected chi connectivity index (χ1v) is 8.61. The van der Waals surface area contributed by atoms with Crippen LogP contribution in [0, 0.1) is 0 Å². The van der Waals surface area contributed by atoms with Gasteiger partial charge in [0.2, 0.25) is 0 Å². The average Bonchev–Trinajstić information content (AvgIpc) is 3.06. The molecule has 0 amide bonds. The molecule has 0 fully saturated rings. The molecule has 0 aliphatic heterocycles. The van der Waals surface area contributed by atoms with Crippen molar-refractivity contribution in [3.8, 4) is 11.3 Å². The summed E-state index contributed by atoms with van der Waals surface area (Å²) in [6, 6.07) is 16.7. The van der Waals surface area contributed by atoms with E-state index in [0.29, 0.717) is 11.6 Å². The summed E-state index contributed by atoms with van der Waals surface area (Å²) in [6.45, 7) is 0.406. The zero-order chi connectivity index (χ0) is 16.5. The van der Waals surface area contributed by atoms with E-state index in [1.54, 1.807) is 23.5 Å². The molecule has 0 saturated carbocycles. The molecular formula is C18H12ClN3OS.